The van der Waals surface area contributed by atoms with Gasteiger partial charge < -0.3 is 19.6 Å². The molecule has 0 saturated carbocycles. The van der Waals surface area contributed by atoms with Crippen LogP contribution in [0.4, 0.5) is 0 Å². The smallest absolute Gasteiger partial charge is 0.0212 e. The van der Waals surface area contributed by atoms with Gasteiger partial charge in [-0.05, 0) is 104 Å². The standard InChI is InChI=1S/C25H48N4/c1-5-13-26(14-6-1)21-25(22-27-15-7-2-8-16-27,23-28-17-9-3-10-18-28)24-29-19-11-4-12-20-29/h1-24H2. The molecule has 0 aromatic carbocycles. The molecule has 0 radical (unpaired) electrons. The molecule has 168 valence electrons. The van der Waals surface area contributed by atoms with E-state index in [0.29, 0.717) is 5.41 Å². The van der Waals surface area contributed by atoms with Crippen molar-refractivity contribution in [2.45, 2.75) is 77.0 Å². The Balaban J connectivity index is 1.51. The predicted molar refractivity (Wildman–Crippen MR) is 124 cm³/mol. The van der Waals surface area contributed by atoms with Gasteiger partial charge in [0.25, 0.3) is 0 Å². The summed E-state index contributed by atoms with van der Waals surface area (Å²) in [6.45, 7) is 16.2. The molecular formula is C25H48N4. The van der Waals surface area contributed by atoms with Crippen molar-refractivity contribution in [1.29, 1.82) is 0 Å². The van der Waals surface area contributed by atoms with Crippen LogP contribution in [-0.4, -0.2) is 98.1 Å². The molecular weight excluding hydrogens is 356 g/mol. The van der Waals surface area contributed by atoms with Gasteiger partial charge in [0.1, 0.15) is 0 Å². The van der Waals surface area contributed by atoms with Crippen LogP contribution in [0, 0.1) is 5.41 Å². The van der Waals surface area contributed by atoms with Gasteiger partial charge >= 0.3 is 0 Å². The lowest BCUT2D eigenvalue weighted by Crippen LogP contribution is -2.58. The number of likely N-dealkylation sites (tertiary alicyclic amines) is 4. The summed E-state index contributed by atoms with van der Waals surface area (Å²) in [4.78, 5) is 11.4. The molecule has 29 heavy (non-hydrogen) atoms. The van der Waals surface area contributed by atoms with Gasteiger partial charge in [-0.3, -0.25) is 0 Å². The van der Waals surface area contributed by atoms with Crippen LogP contribution >= 0.6 is 0 Å². The van der Waals surface area contributed by atoms with E-state index >= 15 is 0 Å². The summed E-state index contributed by atoms with van der Waals surface area (Å²) in [7, 11) is 0. The fraction of sp³-hybridized carbons (Fsp3) is 1.00. The van der Waals surface area contributed by atoms with Crippen LogP contribution in [-0.2, 0) is 0 Å². The quantitative estimate of drug-likeness (QED) is 0.608. The van der Waals surface area contributed by atoms with E-state index < -0.39 is 0 Å². The maximum absolute atomic E-state index is 2.86. The first kappa shape index (κ1) is 22.0. The third-order valence-electron chi connectivity index (χ3n) is 8.03. The van der Waals surface area contributed by atoms with Crippen molar-refractivity contribution in [2.75, 3.05) is 78.5 Å². The van der Waals surface area contributed by atoms with Crippen molar-refractivity contribution in [1.82, 2.24) is 19.6 Å². The highest BCUT2D eigenvalue weighted by atomic mass is 15.2. The number of piperidine rings is 4. The molecule has 4 heterocycles. The van der Waals surface area contributed by atoms with Crippen LogP contribution in [0.2, 0.25) is 0 Å². The Morgan fingerprint density at radius 1 is 0.310 bits per heavy atom. The monoisotopic (exact) mass is 404 g/mol. The SMILES string of the molecule is C1CCN(CC(CN2CCCCC2)(CN2CCCCC2)CN2CCCCC2)CC1. The van der Waals surface area contributed by atoms with Gasteiger partial charge in [0.05, 0.1) is 0 Å². The summed E-state index contributed by atoms with van der Waals surface area (Å²) < 4.78 is 0. The molecule has 0 N–H and O–H groups in total. The molecule has 0 amide bonds. The average molecular weight is 405 g/mol. The zero-order valence-electron chi connectivity index (χ0n) is 19.3. The number of rotatable bonds is 8. The summed E-state index contributed by atoms with van der Waals surface area (Å²) >= 11 is 0. The van der Waals surface area contributed by atoms with Gasteiger partial charge in [-0.2, -0.15) is 0 Å². The molecule has 0 aromatic rings. The highest BCUT2D eigenvalue weighted by Gasteiger charge is 2.38. The molecule has 4 aliphatic heterocycles. The van der Waals surface area contributed by atoms with Gasteiger partial charge in [0, 0.05) is 31.6 Å². The molecule has 4 rings (SSSR count). The summed E-state index contributed by atoms with van der Waals surface area (Å²) in [6.07, 6.45) is 17.2. The second-order valence-electron chi connectivity index (χ2n) is 10.8. The minimum atomic E-state index is 0.434. The molecule has 0 atom stereocenters. The maximum atomic E-state index is 2.86. The topological polar surface area (TPSA) is 13.0 Å². The van der Waals surface area contributed by atoms with Crippen molar-refractivity contribution in [3.63, 3.8) is 0 Å². The first-order valence-corrected chi connectivity index (χ1v) is 13.2. The van der Waals surface area contributed by atoms with Gasteiger partial charge in [0.2, 0.25) is 0 Å². The predicted octanol–water partition coefficient (Wildman–Crippen LogP) is 3.92. The van der Waals surface area contributed by atoms with E-state index in [0.717, 1.165) is 0 Å². The molecule has 0 aliphatic carbocycles. The van der Waals surface area contributed by atoms with Crippen molar-refractivity contribution in [3.05, 3.63) is 0 Å². The molecule has 0 bridgehead atoms. The van der Waals surface area contributed by atoms with Crippen molar-refractivity contribution in [2.24, 2.45) is 5.41 Å². The molecule has 0 spiro atoms. The van der Waals surface area contributed by atoms with Crippen molar-refractivity contribution < 1.29 is 0 Å². The highest BCUT2D eigenvalue weighted by Crippen LogP contribution is 2.30. The van der Waals surface area contributed by atoms with Crippen LogP contribution in [0.25, 0.3) is 0 Å². The molecule has 4 heteroatoms. The third-order valence-corrected chi connectivity index (χ3v) is 8.03. The Bertz CT molecular complexity index is 358. The molecule has 4 fully saturated rings. The lowest BCUT2D eigenvalue weighted by molar-refractivity contribution is 0.00604. The van der Waals surface area contributed by atoms with E-state index in [-0.39, 0.29) is 0 Å². The molecule has 4 nitrogen and oxygen atoms in total. The highest BCUT2D eigenvalue weighted by molar-refractivity contribution is 4.94. The van der Waals surface area contributed by atoms with E-state index in [9.17, 15) is 0 Å². The van der Waals surface area contributed by atoms with Crippen molar-refractivity contribution in [3.8, 4) is 0 Å². The molecule has 0 aromatic heterocycles. The van der Waals surface area contributed by atoms with E-state index in [1.54, 1.807) is 0 Å². The van der Waals surface area contributed by atoms with Gasteiger partial charge in [-0.25, -0.2) is 0 Å². The van der Waals surface area contributed by atoms with Crippen LogP contribution in [0.15, 0.2) is 0 Å². The Hall–Kier alpha value is -0.160. The first-order chi connectivity index (χ1) is 14.3. The third kappa shape index (κ3) is 6.92. The zero-order valence-corrected chi connectivity index (χ0v) is 19.3. The van der Waals surface area contributed by atoms with Crippen LogP contribution in [0.1, 0.15) is 77.0 Å². The number of hydrogen-bond donors (Lipinski definition) is 0. The largest absolute Gasteiger partial charge is 0.303 e. The normalized spacial score (nSPS) is 27.3. The number of hydrogen-bond acceptors (Lipinski definition) is 4. The molecule has 4 saturated heterocycles. The Morgan fingerprint density at radius 2 is 0.517 bits per heavy atom. The fourth-order valence-electron chi connectivity index (χ4n) is 6.67. The second-order valence-corrected chi connectivity index (χ2v) is 10.8. The Kier molecular flexibility index (Phi) is 8.71. The minimum absolute atomic E-state index is 0.434. The van der Waals surface area contributed by atoms with Crippen LogP contribution < -0.4 is 0 Å². The fourth-order valence-corrected chi connectivity index (χ4v) is 6.67. The summed E-state index contributed by atoms with van der Waals surface area (Å²) in [5.41, 5.74) is 0.434. The van der Waals surface area contributed by atoms with E-state index in [4.69, 9.17) is 0 Å². The van der Waals surface area contributed by atoms with Gasteiger partial charge in [-0.1, -0.05) is 25.7 Å². The Labute approximate surface area is 181 Å². The lowest BCUT2D eigenvalue weighted by Gasteiger charge is -2.48. The first-order valence-electron chi connectivity index (χ1n) is 13.2. The Morgan fingerprint density at radius 3 is 0.724 bits per heavy atom. The summed E-state index contributed by atoms with van der Waals surface area (Å²) in [5.74, 6) is 0. The van der Waals surface area contributed by atoms with Gasteiger partial charge in [-0.15, -0.1) is 0 Å². The molecule has 4 aliphatic rings. The van der Waals surface area contributed by atoms with E-state index in [2.05, 4.69) is 19.6 Å². The minimum Gasteiger partial charge on any atom is -0.303 e. The summed E-state index contributed by atoms with van der Waals surface area (Å²) in [6, 6.07) is 0. The molecule has 0 unspecified atom stereocenters. The zero-order chi connectivity index (χ0) is 19.8. The number of nitrogens with zero attached hydrogens (tertiary/aromatic N) is 4. The van der Waals surface area contributed by atoms with E-state index in [1.165, 1.54) is 156 Å². The van der Waals surface area contributed by atoms with Crippen LogP contribution in [0.3, 0.4) is 0 Å². The lowest BCUT2D eigenvalue weighted by atomic mass is 9.82. The van der Waals surface area contributed by atoms with E-state index in [1.807, 2.05) is 0 Å². The second kappa shape index (κ2) is 11.5. The summed E-state index contributed by atoms with van der Waals surface area (Å²) in [5, 5.41) is 0. The maximum Gasteiger partial charge on any atom is 0.0212 e. The average Bonchev–Trinajstić information content (AvgIpc) is 2.76. The van der Waals surface area contributed by atoms with Crippen molar-refractivity contribution >= 4 is 0 Å². The van der Waals surface area contributed by atoms with Gasteiger partial charge in [0.15, 0.2) is 0 Å². The van der Waals surface area contributed by atoms with Crippen LogP contribution in [0.5, 0.6) is 0 Å².